The van der Waals surface area contributed by atoms with Gasteiger partial charge in [-0.3, -0.25) is 4.79 Å². The van der Waals surface area contributed by atoms with E-state index in [4.69, 9.17) is 16.3 Å². The molecule has 0 aliphatic rings. The molecule has 5 heteroatoms. The Kier molecular flexibility index (Phi) is 4.91. The molecule has 118 valence electrons. The first-order chi connectivity index (χ1) is 10.4. The molecule has 0 unspecified atom stereocenters. The standard InChI is InChI=1S/C17H21ClN2O2/c1-6-20-17(22-7-2)14(9-19-20)16(21)13-8-10(3)15(18)12(5)11(13)4/h8-9H,6-7H2,1-5H3. The Morgan fingerprint density at radius 1 is 1.23 bits per heavy atom. The monoisotopic (exact) mass is 320 g/mol. The predicted octanol–water partition coefficient (Wildman–Crippen LogP) is 4.11. The fourth-order valence-electron chi connectivity index (χ4n) is 2.48. The van der Waals surface area contributed by atoms with Crippen LogP contribution in [0.5, 0.6) is 5.88 Å². The number of benzene rings is 1. The lowest BCUT2D eigenvalue weighted by atomic mass is 9.95. The van der Waals surface area contributed by atoms with Gasteiger partial charge in [-0.25, -0.2) is 4.68 Å². The summed E-state index contributed by atoms with van der Waals surface area (Å²) in [6.45, 7) is 10.8. The predicted molar refractivity (Wildman–Crippen MR) is 88.2 cm³/mol. The normalized spacial score (nSPS) is 10.8. The highest BCUT2D eigenvalue weighted by molar-refractivity contribution is 6.32. The second kappa shape index (κ2) is 6.53. The highest BCUT2D eigenvalue weighted by atomic mass is 35.5. The third kappa shape index (κ3) is 2.75. The number of rotatable bonds is 5. The first-order valence-electron chi connectivity index (χ1n) is 7.41. The number of ketones is 1. The molecule has 1 heterocycles. The van der Waals surface area contributed by atoms with E-state index in [1.54, 1.807) is 10.9 Å². The molecule has 2 rings (SSSR count). The smallest absolute Gasteiger partial charge is 0.223 e. The largest absolute Gasteiger partial charge is 0.478 e. The zero-order chi connectivity index (χ0) is 16.4. The van der Waals surface area contributed by atoms with Crippen LogP contribution in [-0.4, -0.2) is 22.2 Å². The van der Waals surface area contributed by atoms with Gasteiger partial charge in [-0.05, 0) is 57.4 Å². The van der Waals surface area contributed by atoms with Gasteiger partial charge in [0, 0.05) is 17.1 Å². The number of halogens is 1. The highest BCUT2D eigenvalue weighted by Crippen LogP contribution is 2.29. The molecule has 22 heavy (non-hydrogen) atoms. The Balaban J connectivity index is 2.56. The van der Waals surface area contributed by atoms with E-state index in [1.165, 1.54) is 0 Å². The first-order valence-corrected chi connectivity index (χ1v) is 7.79. The van der Waals surface area contributed by atoms with E-state index in [0.29, 0.717) is 35.2 Å². The van der Waals surface area contributed by atoms with Crippen LogP contribution in [0.15, 0.2) is 12.3 Å². The number of ether oxygens (including phenoxy) is 1. The molecule has 0 spiro atoms. The quantitative estimate of drug-likeness (QED) is 0.779. The molecule has 2 aromatic rings. The van der Waals surface area contributed by atoms with Crippen LogP contribution >= 0.6 is 11.6 Å². The average molecular weight is 321 g/mol. The molecule has 0 aliphatic heterocycles. The van der Waals surface area contributed by atoms with Crippen molar-refractivity contribution in [3.63, 3.8) is 0 Å². The minimum Gasteiger partial charge on any atom is -0.478 e. The maximum Gasteiger partial charge on any atom is 0.223 e. The summed E-state index contributed by atoms with van der Waals surface area (Å²) in [5.41, 5.74) is 3.87. The molecule has 0 fully saturated rings. The Hall–Kier alpha value is -1.81. The minimum atomic E-state index is -0.0801. The van der Waals surface area contributed by atoms with Crippen molar-refractivity contribution in [2.45, 2.75) is 41.2 Å². The fourth-order valence-corrected chi connectivity index (χ4v) is 2.67. The van der Waals surface area contributed by atoms with Crippen LogP contribution in [0.25, 0.3) is 0 Å². The van der Waals surface area contributed by atoms with E-state index in [9.17, 15) is 4.79 Å². The van der Waals surface area contributed by atoms with Gasteiger partial charge in [0.1, 0.15) is 5.56 Å². The maximum absolute atomic E-state index is 12.9. The van der Waals surface area contributed by atoms with Gasteiger partial charge >= 0.3 is 0 Å². The minimum absolute atomic E-state index is 0.0801. The van der Waals surface area contributed by atoms with E-state index in [2.05, 4.69) is 5.10 Å². The Morgan fingerprint density at radius 2 is 1.91 bits per heavy atom. The average Bonchev–Trinajstić information content (AvgIpc) is 2.91. The molecule has 4 nitrogen and oxygen atoms in total. The van der Waals surface area contributed by atoms with Gasteiger partial charge in [0.2, 0.25) is 5.88 Å². The number of nitrogens with zero attached hydrogens (tertiary/aromatic N) is 2. The fraction of sp³-hybridized carbons (Fsp3) is 0.412. The number of hydrogen-bond acceptors (Lipinski definition) is 3. The lowest BCUT2D eigenvalue weighted by Crippen LogP contribution is -2.09. The van der Waals surface area contributed by atoms with Crippen LogP contribution in [0.4, 0.5) is 0 Å². The van der Waals surface area contributed by atoms with Gasteiger partial charge in [0.25, 0.3) is 0 Å². The van der Waals surface area contributed by atoms with Crippen LogP contribution in [0.1, 0.15) is 46.5 Å². The number of carbonyl (C=O) groups is 1. The summed E-state index contributed by atoms with van der Waals surface area (Å²) < 4.78 is 7.32. The second-order valence-corrected chi connectivity index (χ2v) is 5.62. The van der Waals surface area contributed by atoms with E-state index >= 15 is 0 Å². The van der Waals surface area contributed by atoms with Crippen molar-refractivity contribution in [1.29, 1.82) is 0 Å². The van der Waals surface area contributed by atoms with Crippen LogP contribution in [0, 0.1) is 20.8 Å². The summed E-state index contributed by atoms with van der Waals surface area (Å²) in [4.78, 5) is 12.9. The van der Waals surface area contributed by atoms with E-state index in [0.717, 1.165) is 16.7 Å². The lowest BCUT2D eigenvalue weighted by Gasteiger charge is -2.13. The lowest BCUT2D eigenvalue weighted by molar-refractivity contribution is 0.103. The molecule has 1 aromatic carbocycles. The Bertz CT molecular complexity index is 720. The van der Waals surface area contributed by atoms with Gasteiger partial charge in [0.05, 0.1) is 12.8 Å². The molecule has 0 aliphatic carbocycles. The summed E-state index contributed by atoms with van der Waals surface area (Å²) in [5, 5.41) is 4.95. The summed E-state index contributed by atoms with van der Waals surface area (Å²) in [6.07, 6.45) is 1.58. The van der Waals surface area contributed by atoms with Gasteiger partial charge < -0.3 is 4.74 Å². The van der Waals surface area contributed by atoms with Crippen molar-refractivity contribution in [3.05, 3.63) is 45.1 Å². The number of hydrogen-bond donors (Lipinski definition) is 0. The zero-order valence-electron chi connectivity index (χ0n) is 13.7. The van der Waals surface area contributed by atoms with E-state index in [1.807, 2.05) is 40.7 Å². The van der Waals surface area contributed by atoms with Crippen LogP contribution in [0.2, 0.25) is 5.02 Å². The number of aromatic nitrogens is 2. The van der Waals surface area contributed by atoms with Crippen molar-refractivity contribution in [1.82, 2.24) is 9.78 Å². The van der Waals surface area contributed by atoms with Crippen molar-refractivity contribution >= 4 is 17.4 Å². The Labute approximate surface area is 136 Å². The third-order valence-corrected chi connectivity index (χ3v) is 4.45. The van der Waals surface area contributed by atoms with Crippen molar-refractivity contribution in [2.75, 3.05) is 6.61 Å². The van der Waals surface area contributed by atoms with Crippen LogP contribution in [0.3, 0.4) is 0 Å². The molecular formula is C17H21ClN2O2. The van der Waals surface area contributed by atoms with Gasteiger partial charge in [0.15, 0.2) is 5.78 Å². The second-order valence-electron chi connectivity index (χ2n) is 5.25. The summed E-state index contributed by atoms with van der Waals surface area (Å²) in [6, 6.07) is 1.84. The SMILES string of the molecule is CCOc1c(C(=O)c2cc(C)c(Cl)c(C)c2C)cnn1CC. The summed E-state index contributed by atoms with van der Waals surface area (Å²) in [5.74, 6) is 0.447. The molecule has 0 radical (unpaired) electrons. The Morgan fingerprint density at radius 3 is 2.50 bits per heavy atom. The number of aryl methyl sites for hydroxylation is 2. The molecular weight excluding hydrogens is 300 g/mol. The highest BCUT2D eigenvalue weighted by Gasteiger charge is 2.22. The maximum atomic E-state index is 12.9. The van der Waals surface area contributed by atoms with Crippen LogP contribution in [-0.2, 0) is 6.54 Å². The molecule has 0 saturated heterocycles. The zero-order valence-corrected chi connectivity index (χ0v) is 14.4. The van der Waals surface area contributed by atoms with Gasteiger partial charge in [-0.1, -0.05) is 11.6 Å². The molecule has 0 bridgehead atoms. The molecule has 0 saturated carbocycles. The molecule has 0 amide bonds. The third-order valence-electron chi connectivity index (χ3n) is 3.86. The van der Waals surface area contributed by atoms with Gasteiger partial charge in [-0.2, -0.15) is 5.10 Å². The molecule has 0 N–H and O–H groups in total. The number of carbonyl (C=O) groups excluding carboxylic acids is 1. The summed E-state index contributed by atoms with van der Waals surface area (Å²) in [7, 11) is 0. The van der Waals surface area contributed by atoms with Crippen molar-refractivity contribution < 1.29 is 9.53 Å². The van der Waals surface area contributed by atoms with E-state index in [-0.39, 0.29) is 5.78 Å². The molecule has 1 aromatic heterocycles. The topological polar surface area (TPSA) is 44.1 Å². The van der Waals surface area contributed by atoms with Crippen molar-refractivity contribution in [2.24, 2.45) is 0 Å². The van der Waals surface area contributed by atoms with Crippen LogP contribution < -0.4 is 4.74 Å². The van der Waals surface area contributed by atoms with E-state index < -0.39 is 0 Å². The first kappa shape index (κ1) is 16.6. The van der Waals surface area contributed by atoms with Gasteiger partial charge in [-0.15, -0.1) is 0 Å². The van der Waals surface area contributed by atoms with Crippen molar-refractivity contribution in [3.8, 4) is 5.88 Å². The summed E-state index contributed by atoms with van der Waals surface area (Å²) >= 11 is 6.26. The molecule has 0 atom stereocenters.